The molecule has 3 nitrogen and oxygen atoms in total. The zero-order chi connectivity index (χ0) is 13.1. The summed E-state index contributed by atoms with van der Waals surface area (Å²) in [5.74, 6) is 0. The Morgan fingerprint density at radius 2 is 1.74 bits per heavy atom. The van der Waals surface area contributed by atoms with Crippen molar-refractivity contribution in [1.29, 1.82) is 0 Å². The van der Waals surface area contributed by atoms with E-state index in [-0.39, 0.29) is 0 Å². The highest BCUT2D eigenvalue weighted by Gasteiger charge is 2.28. The van der Waals surface area contributed by atoms with Crippen LogP contribution in [-0.4, -0.2) is 36.3 Å². The number of hydrazone groups is 1. The second kappa shape index (κ2) is 6.06. The van der Waals surface area contributed by atoms with Crippen LogP contribution < -0.4 is 5.43 Å². The van der Waals surface area contributed by atoms with Gasteiger partial charge in [0.15, 0.2) is 0 Å². The van der Waals surface area contributed by atoms with Crippen LogP contribution >= 0.6 is 15.9 Å². The van der Waals surface area contributed by atoms with E-state index in [4.69, 9.17) is 0 Å². The Labute approximate surface area is 123 Å². The number of rotatable bonds is 2. The third kappa shape index (κ3) is 3.00. The Balaban J connectivity index is 1.78. The second-order valence-electron chi connectivity index (χ2n) is 5.33. The van der Waals surface area contributed by atoms with Gasteiger partial charge in [0, 0.05) is 4.47 Å². The van der Waals surface area contributed by atoms with E-state index in [0.29, 0.717) is 6.04 Å². The van der Waals surface area contributed by atoms with E-state index < -0.39 is 0 Å². The van der Waals surface area contributed by atoms with Gasteiger partial charge in [-0.3, -0.25) is 4.90 Å². The fourth-order valence-electron chi connectivity index (χ4n) is 2.97. The topological polar surface area (TPSA) is 27.6 Å². The van der Waals surface area contributed by atoms with Crippen LogP contribution in [0.2, 0.25) is 0 Å². The Hall–Kier alpha value is -0.870. The molecule has 0 aliphatic carbocycles. The third-order valence-electron chi connectivity index (χ3n) is 4.02. The van der Waals surface area contributed by atoms with Crippen molar-refractivity contribution in [3.05, 3.63) is 34.3 Å². The molecule has 2 aliphatic heterocycles. The summed E-state index contributed by atoms with van der Waals surface area (Å²) in [5, 5.41) is 4.53. The van der Waals surface area contributed by atoms with E-state index in [1.54, 1.807) is 0 Å². The van der Waals surface area contributed by atoms with E-state index >= 15 is 0 Å². The molecule has 1 saturated heterocycles. The molecule has 2 heterocycles. The fraction of sp³-hybridized carbons (Fsp3) is 0.533. The molecule has 4 heteroatoms. The predicted octanol–water partition coefficient (Wildman–Crippen LogP) is 3.00. The van der Waals surface area contributed by atoms with Crippen molar-refractivity contribution in [2.45, 2.75) is 31.7 Å². The van der Waals surface area contributed by atoms with Crippen LogP contribution in [0.3, 0.4) is 0 Å². The molecular weight excluding hydrogens is 302 g/mol. The van der Waals surface area contributed by atoms with Gasteiger partial charge in [0.05, 0.1) is 18.3 Å². The first kappa shape index (κ1) is 13.1. The summed E-state index contributed by atoms with van der Waals surface area (Å²) >= 11 is 3.49. The first-order valence-electron chi connectivity index (χ1n) is 7.15. The summed E-state index contributed by atoms with van der Waals surface area (Å²) in [5.41, 5.74) is 5.63. The zero-order valence-corrected chi connectivity index (χ0v) is 12.7. The average molecular weight is 322 g/mol. The molecule has 102 valence electrons. The van der Waals surface area contributed by atoms with Crippen LogP contribution in [0.25, 0.3) is 0 Å². The Morgan fingerprint density at radius 1 is 1.05 bits per heavy atom. The van der Waals surface area contributed by atoms with Crippen LogP contribution in [0.5, 0.6) is 0 Å². The molecule has 1 unspecified atom stereocenters. The summed E-state index contributed by atoms with van der Waals surface area (Å²) in [6, 6.07) is 8.94. The van der Waals surface area contributed by atoms with Crippen molar-refractivity contribution in [3.8, 4) is 0 Å². The maximum atomic E-state index is 4.53. The summed E-state index contributed by atoms with van der Waals surface area (Å²) in [6.45, 7) is 3.37. The zero-order valence-electron chi connectivity index (χ0n) is 11.1. The lowest BCUT2D eigenvalue weighted by atomic mass is 10.0. The quantitative estimate of drug-likeness (QED) is 0.906. The van der Waals surface area contributed by atoms with Crippen molar-refractivity contribution in [1.82, 2.24) is 10.3 Å². The van der Waals surface area contributed by atoms with E-state index in [1.807, 2.05) is 0 Å². The lowest BCUT2D eigenvalue weighted by Gasteiger charge is -2.27. The lowest BCUT2D eigenvalue weighted by molar-refractivity contribution is 0.255. The second-order valence-corrected chi connectivity index (χ2v) is 6.25. The monoisotopic (exact) mass is 321 g/mol. The molecule has 0 bridgehead atoms. The highest BCUT2D eigenvalue weighted by Crippen LogP contribution is 2.20. The fourth-order valence-corrected chi connectivity index (χ4v) is 3.24. The summed E-state index contributed by atoms with van der Waals surface area (Å²) < 4.78 is 1.12. The van der Waals surface area contributed by atoms with Crippen LogP contribution in [0, 0.1) is 0 Å². The largest absolute Gasteiger partial charge is 0.308 e. The van der Waals surface area contributed by atoms with Crippen LogP contribution in [-0.2, 0) is 0 Å². The first-order valence-corrected chi connectivity index (χ1v) is 7.94. The van der Waals surface area contributed by atoms with Crippen molar-refractivity contribution < 1.29 is 0 Å². The maximum absolute atomic E-state index is 4.53. The maximum Gasteiger partial charge on any atom is 0.0865 e. The van der Waals surface area contributed by atoms with E-state index in [0.717, 1.165) is 11.0 Å². The molecule has 1 aromatic carbocycles. The van der Waals surface area contributed by atoms with Crippen LogP contribution in [0.15, 0.2) is 33.8 Å². The summed E-state index contributed by atoms with van der Waals surface area (Å²) in [6.07, 6.45) is 5.40. The van der Waals surface area contributed by atoms with Gasteiger partial charge in [0.2, 0.25) is 0 Å². The number of halogens is 1. The van der Waals surface area contributed by atoms with Gasteiger partial charge in [-0.15, -0.1) is 0 Å². The molecular formula is C15H20BrN3. The summed E-state index contributed by atoms with van der Waals surface area (Å²) in [7, 11) is 0. The SMILES string of the molecule is Brc1ccc(C2=NNCC2N2CCCCCC2)cc1. The average Bonchev–Trinajstić information content (AvgIpc) is 2.75. The number of hydrogen-bond acceptors (Lipinski definition) is 3. The van der Waals surface area contributed by atoms with Crippen LogP contribution in [0.1, 0.15) is 31.2 Å². The van der Waals surface area contributed by atoms with Gasteiger partial charge in [-0.05, 0) is 43.6 Å². The van der Waals surface area contributed by atoms with Crippen molar-refractivity contribution in [2.24, 2.45) is 5.10 Å². The minimum atomic E-state index is 0.444. The minimum absolute atomic E-state index is 0.444. The molecule has 1 fully saturated rings. The van der Waals surface area contributed by atoms with E-state index in [9.17, 15) is 0 Å². The number of hydrogen-bond donors (Lipinski definition) is 1. The molecule has 3 rings (SSSR count). The molecule has 0 saturated carbocycles. The van der Waals surface area contributed by atoms with Gasteiger partial charge in [-0.1, -0.05) is 40.9 Å². The number of benzene rings is 1. The minimum Gasteiger partial charge on any atom is -0.308 e. The molecule has 0 aromatic heterocycles. The Bertz CT molecular complexity index is 447. The number of nitrogens with zero attached hydrogens (tertiary/aromatic N) is 2. The molecule has 19 heavy (non-hydrogen) atoms. The van der Waals surface area contributed by atoms with Gasteiger partial charge >= 0.3 is 0 Å². The molecule has 0 spiro atoms. The van der Waals surface area contributed by atoms with Gasteiger partial charge in [-0.2, -0.15) is 5.10 Å². The van der Waals surface area contributed by atoms with Crippen molar-refractivity contribution in [2.75, 3.05) is 19.6 Å². The molecule has 0 amide bonds. The lowest BCUT2D eigenvalue weighted by Crippen LogP contribution is -2.43. The van der Waals surface area contributed by atoms with Gasteiger partial charge < -0.3 is 5.43 Å². The van der Waals surface area contributed by atoms with Crippen molar-refractivity contribution >= 4 is 21.6 Å². The van der Waals surface area contributed by atoms with Crippen molar-refractivity contribution in [3.63, 3.8) is 0 Å². The smallest absolute Gasteiger partial charge is 0.0865 e. The predicted molar refractivity (Wildman–Crippen MR) is 82.5 cm³/mol. The molecule has 0 radical (unpaired) electrons. The van der Waals surface area contributed by atoms with Crippen LogP contribution in [0.4, 0.5) is 0 Å². The molecule has 1 N–H and O–H groups in total. The van der Waals surface area contributed by atoms with E-state index in [2.05, 4.69) is 55.6 Å². The first-order chi connectivity index (χ1) is 9.34. The number of likely N-dealkylation sites (tertiary alicyclic amines) is 1. The molecule has 1 aromatic rings. The standard InChI is InChI=1S/C15H20BrN3/c16-13-7-5-12(6-8-13)15-14(11-17-18-15)19-9-3-1-2-4-10-19/h5-8,14,17H,1-4,9-11H2. The van der Waals surface area contributed by atoms with E-state index in [1.165, 1.54) is 50.0 Å². The molecule has 1 atom stereocenters. The Morgan fingerprint density at radius 3 is 2.42 bits per heavy atom. The normalized spacial score (nSPS) is 24.7. The molecule has 2 aliphatic rings. The van der Waals surface area contributed by atoms with Gasteiger partial charge in [-0.25, -0.2) is 0 Å². The highest BCUT2D eigenvalue weighted by atomic mass is 79.9. The Kier molecular flexibility index (Phi) is 4.18. The third-order valence-corrected chi connectivity index (χ3v) is 4.55. The van der Waals surface area contributed by atoms with Gasteiger partial charge in [0.1, 0.15) is 0 Å². The number of nitrogens with one attached hydrogen (secondary N) is 1. The summed E-state index contributed by atoms with van der Waals surface area (Å²) in [4.78, 5) is 2.61. The highest BCUT2D eigenvalue weighted by molar-refractivity contribution is 9.10. The van der Waals surface area contributed by atoms with Gasteiger partial charge in [0.25, 0.3) is 0 Å².